The number of benzene rings is 2. The molecule has 0 heterocycles. The van der Waals surface area contributed by atoms with Crippen molar-refractivity contribution in [2.24, 2.45) is 0 Å². The number of carbonyl (C=O) groups is 2. The monoisotopic (exact) mass is 357 g/mol. The predicted molar refractivity (Wildman–Crippen MR) is 99.7 cm³/mol. The van der Waals surface area contributed by atoms with Crippen LogP contribution in [-0.4, -0.2) is 18.4 Å². The number of halogens is 1. The van der Waals surface area contributed by atoms with Crippen LogP contribution in [0.2, 0.25) is 5.02 Å². The zero-order valence-electron chi connectivity index (χ0n) is 14.0. The number of nitrogens with one attached hydrogen (secondary N) is 1. The standard InChI is InChI=1S/C20H20ClNO3/c1-15(23)18-11-10-17(19(21)13-18)9-5-6-12-22-20(24)25-14-16-7-3-2-4-8-16/h2-5,7-11,13H,6,12,14H2,1H3,(H,22,24). The van der Waals surface area contributed by atoms with Gasteiger partial charge < -0.3 is 10.1 Å². The number of amides is 1. The first kappa shape index (κ1) is 18.7. The molecule has 0 saturated heterocycles. The predicted octanol–water partition coefficient (Wildman–Crippen LogP) is 4.87. The van der Waals surface area contributed by atoms with Gasteiger partial charge in [0.1, 0.15) is 6.61 Å². The molecule has 2 aromatic carbocycles. The van der Waals surface area contributed by atoms with Gasteiger partial charge in [-0.3, -0.25) is 4.79 Å². The van der Waals surface area contributed by atoms with Crippen LogP contribution in [0.3, 0.4) is 0 Å². The van der Waals surface area contributed by atoms with Gasteiger partial charge in [-0.25, -0.2) is 4.79 Å². The van der Waals surface area contributed by atoms with Gasteiger partial charge in [-0.1, -0.05) is 66.2 Å². The molecule has 1 N–H and O–H groups in total. The fraction of sp³-hybridized carbons (Fsp3) is 0.200. The van der Waals surface area contributed by atoms with E-state index in [0.717, 1.165) is 11.1 Å². The smallest absolute Gasteiger partial charge is 0.407 e. The number of hydrogen-bond acceptors (Lipinski definition) is 3. The second-order valence-electron chi connectivity index (χ2n) is 5.47. The third-order valence-electron chi connectivity index (χ3n) is 3.50. The van der Waals surface area contributed by atoms with E-state index in [-0.39, 0.29) is 12.4 Å². The molecule has 0 radical (unpaired) electrons. The SMILES string of the molecule is CC(=O)c1ccc(C=CCCNC(=O)OCc2ccccc2)c(Cl)c1. The Bertz CT molecular complexity index is 757. The van der Waals surface area contributed by atoms with Crippen molar-refractivity contribution in [3.05, 3.63) is 76.3 Å². The average Bonchev–Trinajstić information content (AvgIpc) is 2.61. The van der Waals surface area contributed by atoms with E-state index in [2.05, 4.69) is 5.32 Å². The van der Waals surface area contributed by atoms with E-state index < -0.39 is 6.09 Å². The number of ketones is 1. The molecule has 0 unspecified atom stereocenters. The Morgan fingerprint density at radius 2 is 1.92 bits per heavy atom. The normalized spacial score (nSPS) is 10.6. The third-order valence-corrected chi connectivity index (χ3v) is 3.82. The van der Waals surface area contributed by atoms with Gasteiger partial charge in [0.25, 0.3) is 0 Å². The summed E-state index contributed by atoms with van der Waals surface area (Å²) in [6.07, 6.45) is 3.97. The van der Waals surface area contributed by atoms with Gasteiger partial charge in [-0.15, -0.1) is 0 Å². The highest BCUT2D eigenvalue weighted by atomic mass is 35.5. The summed E-state index contributed by atoms with van der Waals surface area (Å²) in [7, 11) is 0. The largest absolute Gasteiger partial charge is 0.445 e. The molecular formula is C20H20ClNO3. The molecule has 0 aliphatic rings. The number of ether oxygens (including phenoxy) is 1. The van der Waals surface area contributed by atoms with E-state index in [9.17, 15) is 9.59 Å². The maximum atomic E-state index is 11.6. The van der Waals surface area contributed by atoms with Gasteiger partial charge >= 0.3 is 6.09 Å². The lowest BCUT2D eigenvalue weighted by atomic mass is 10.1. The van der Waals surface area contributed by atoms with Gasteiger partial charge in [0.05, 0.1) is 0 Å². The maximum Gasteiger partial charge on any atom is 0.407 e. The molecule has 2 aromatic rings. The van der Waals surface area contributed by atoms with Crippen LogP contribution in [0.25, 0.3) is 6.08 Å². The lowest BCUT2D eigenvalue weighted by Gasteiger charge is -2.06. The van der Waals surface area contributed by atoms with Crippen LogP contribution in [0.15, 0.2) is 54.6 Å². The quantitative estimate of drug-likeness (QED) is 0.568. The molecule has 5 heteroatoms. The van der Waals surface area contributed by atoms with Crippen LogP contribution in [0.5, 0.6) is 0 Å². The van der Waals surface area contributed by atoms with Crippen molar-refractivity contribution < 1.29 is 14.3 Å². The molecule has 130 valence electrons. The Hall–Kier alpha value is -2.59. The first-order valence-electron chi connectivity index (χ1n) is 7.98. The van der Waals surface area contributed by atoms with E-state index >= 15 is 0 Å². The van der Waals surface area contributed by atoms with Crippen molar-refractivity contribution in [3.8, 4) is 0 Å². The summed E-state index contributed by atoms with van der Waals surface area (Å²) in [5.74, 6) is -0.0179. The van der Waals surface area contributed by atoms with Crippen molar-refractivity contribution in [1.82, 2.24) is 5.32 Å². The van der Waals surface area contributed by atoms with Crippen molar-refractivity contribution >= 4 is 29.6 Å². The summed E-state index contributed by atoms with van der Waals surface area (Å²) < 4.78 is 5.12. The molecule has 2 rings (SSSR count). The Morgan fingerprint density at radius 3 is 2.60 bits per heavy atom. The second-order valence-corrected chi connectivity index (χ2v) is 5.88. The van der Waals surface area contributed by atoms with Crippen molar-refractivity contribution in [2.75, 3.05) is 6.54 Å². The highest BCUT2D eigenvalue weighted by molar-refractivity contribution is 6.32. The molecular weight excluding hydrogens is 338 g/mol. The van der Waals surface area contributed by atoms with Gasteiger partial charge in [-0.05, 0) is 30.5 Å². The highest BCUT2D eigenvalue weighted by Crippen LogP contribution is 2.19. The van der Waals surface area contributed by atoms with Crippen LogP contribution < -0.4 is 5.32 Å². The third kappa shape index (κ3) is 6.43. The Labute approximate surface area is 152 Å². The zero-order valence-corrected chi connectivity index (χ0v) is 14.8. The summed E-state index contributed by atoms with van der Waals surface area (Å²) >= 11 is 6.14. The molecule has 0 aliphatic heterocycles. The molecule has 0 aromatic heterocycles. The van der Waals surface area contributed by atoms with Gasteiger partial charge in [-0.2, -0.15) is 0 Å². The minimum absolute atomic E-state index is 0.0179. The molecule has 25 heavy (non-hydrogen) atoms. The van der Waals surface area contributed by atoms with Crippen LogP contribution in [-0.2, 0) is 11.3 Å². The van der Waals surface area contributed by atoms with Crippen LogP contribution in [0, 0.1) is 0 Å². The molecule has 0 spiro atoms. The summed E-state index contributed by atoms with van der Waals surface area (Å²) in [6.45, 7) is 2.22. The van der Waals surface area contributed by atoms with Crippen molar-refractivity contribution in [2.45, 2.75) is 20.0 Å². The summed E-state index contributed by atoms with van der Waals surface area (Å²) in [6, 6.07) is 14.7. The summed E-state index contributed by atoms with van der Waals surface area (Å²) in [4.78, 5) is 22.9. The maximum absolute atomic E-state index is 11.6. The number of alkyl carbamates (subject to hydrolysis) is 1. The highest BCUT2D eigenvalue weighted by Gasteiger charge is 2.03. The van der Waals surface area contributed by atoms with Crippen LogP contribution in [0.1, 0.15) is 34.8 Å². The zero-order chi connectivity index (χ0) is 18.1. The van der Waals surface area contributed by atoms with E-state index in [0.29, 0.717) is 23.6 Å². The molecule has 4 nitrogen and oxygen atoms in total. The number of carbonyl (C=O) groups excluding carboxylic acids is 2. The Balaban J connectivity index is 1.71. The lowest BCUT2D eigenvalue weighted by molar-refractivity contribution is 0.101. The molecule has 0 atom stereocenters. The van der Waals surface area contributed by atoms with Gasteiger partial charge in [0.15, 0.2) is 5.78 Å². The minimum atomic E-state index is -0.443. The van der Waals surface area contributed by atoms with E-state index in [1.54, 1.807) is 18.2 Å². The Kier molecular flexibility index (Phi) is 7.23. The van der Waals surface area contributed by atoms with Crippen LogP contribution in [0.4, 0.5) is 4.79 Å². The first-order valence-corrected chi connectivity index (χ1v) is 8.35. The van der Waals surface area contributed by atoms with Gasteiger partial charge in [0, 0.05) is 17.1 Å². The molecule has 0 aliphatic carbocycles. The number of rotatable bonds is 7. The van der Waals surface area contributed by atoms with Crippen molar-refractivity contribution in [1.29, 1.82) is 0 Å². The topological polar surface area (TPSA) is 55.4 Å². The van der Waals surface area contributed by atoms with Gasteiger partial charge in [0.2, 0.25) is 0 Å². The molecule has 0 fully saturated rings. The molecule has 0 bridgehead atoms. The minimum Gasteiger partial charge on any atom is -0.445 e. The fourth-order valence-corrected chi connectivity index (χ4v) is 2.37. The summed E-state index contributed by atoms with van der Waals surface area (Å²) in [5, 5.41) is 3.21. The van der Waals surface area contributed by atoms with E-state index in [1.807, 2.05) is 42.5 Å². The number of hydrogen-bond donors (Lipinski definition) is 1. The fourth-order valence-electron chi connectivity index (χ4n) is 2.12. The molecule has 1 amide bonds. The first-order chi connectivity index (χ1) is 12.1. The summed E-state index contributed by atoms with van der Waals surface area (Å²) in [5.41, 5.74) is 2.37. The van der Waals surface area contributed by atoms with E-state index in [4.69, 9.17) is 16.3 Å². The molecule has 0 saturated carbocycles. The number of Topliss-reactive ketones (excluding diaryl/α,β-unsaturated/α-hetero) is 1. The average molecular weight is 358 g/mol. The van der Waals surface area contributed by atoms with Crippen LogP contribution >= 0.6 is 11.6 Å². The Morgan fingerprint density at radius 1 is 1.16 bits per heavy atom. The second kappa shape index (κ2) is 9.64. The lowest BCUT2D eigenvalue weighted by Crippen LogP contribution is -2.24. The van der Waals surface area contributed by atoms with Crippen molar-refractivity contribution in [3.63, 3.8) is 0 Å². The van der Waals surface area contributed by atoms with E-state index in [1.165, 1.54) is 6.92 Å².